The standard InChI is InChI=1S/C10H4BrClF2N4O2/c11-4-1-7(6(14)2-5(4)13)17-10-8(18(19)20)9(12)15-3-16-10/h1-3H,(H,15,16,17). The van der Waals surface area contributed by atoms with Gasteiger partial charge in [0.1, 0.15) is 18.0 Å². The van der Waals surface area contributed by atoms with Crippen molar-refractivity contribution in [3.8, 4) is 0 Å². The van der Waals surface area contributed by atoms with Crippen molar-refractivity contribution in [3.05, 3.63) is 49.8 Å². The van der Waals surface area contributed by atoms with Crippen LogP contribution >= 0.6 is 27.5 Å². The minimum Gasteiger partial charge on any atom is -0.332 e. The van der Waals surface area contributed by atoms with Gasteiger partial charge in [0, 0.05) is 6.07 Å². The second-order valence-corrected chi connectivity index (χ2v) is 4.70. The number of halogens is 4. The van der Waals surface area contributed by atoms with Crippen LogP contribution in [0.2, 0.25) is 5.15 Å². The van der Waals surface area contributed by atoms with Gasteiger partial charge in [-0.15, -0.1) is 0 Å². The van der Waals surface area contributed by atoms with Gasteiger partial charge in [0.2, 0.25) is 11.0 Å². The Balaban J connectivity index is 2.48. The molecule has 20 heavy (non-hydrogen) atoms. The van der Waals surface area contributed by atoms with Gasteiger partial charge in [0.25, 0.3) is 0 Å². The zero-order valence-electron chi connectivity index (χ0n) is 9.40. The lowest BCUT2D eigenvalue weighted by Gasteiger charge is -2.08. The topological polar surface area (TPSA) is 81.0 Å². The highest BCUT2D eigenvalue weighted by Gasteiger charge is 2.22. The lowest BCUT2D eigenvalue weighted by atomic mass is 10.3. The fourth-order valence-electron chi connectivity index (χ4n) is 1.36. The highest BCUT2D eigenvalue weighted by molar-refractivity contribution is 9.10. The van der Waals surface area contributed by atoms with Crippen LogP contribution in [0.3, 0.4) is 0 Å². The van der Waals surface area contributed by atoms with Crippen LogP contribution in [0.1, 0.15) is 0 Å². The van der Waals surface area contributed by atoms with Crippen LogP contribution in [0.25, 0.3) is 0 Å². The molecule has 0 atom stereocenters. The summed E-state index contributed by atoms with van der Waals surface area (Å²) >= 11 is 8.47. The Morgan fingerprint density at radius 1 is 1.30 bits per heavy atom. The summed E-state index contributed by atoms with van der Waals surface area (Å²) in [6.45, 7) is 0. The molecule has 1 N–H and O–H groups in total. The summed E-state index contributed by atoms with van der Waals surface area (Å²) in [5.74, 6) is -2.04. The van der Waals surface area contributed by atoms with E-state index in [0.29, 0.717) is 6.07 Å². The average molecular weight is 366 g/mol. The minimum atomic E-state index is -0.935. The summed E-state index contributed by atoms with van der Waals surface area (Å²) in [7, 11) is 0. The fraction of sp³-hybridized carbons (Fsp3) is 0. The lowest BCUT2D eigenvalue weighted by Crippen LogP contribution is -2.03. The quantitative estimate of drug-likeness (QED) is 0.387. The summed E-state index contributed by atoms with van der Waals surface area (Å²) in [5, 5.41) is 12.9. The third kappa shape index (κ3) is 2.83. The van der Waals surface area contributed by atoms with Crippen LogP contribution in [0.5, 0.6) is 0 Å². The predicted molar refractivity (Wildman–Crippen MR) is 71.0 cm³/mol. The van der Waals surface area contributed by atoms with E-state index >= 15 is 0 Å². The Kier molecular flexibility index (Phi) is 4.09. The second-order valence-electron chi connectivity index (χ2n) is 3.49. The maximum Gasteiger partial charge on any atom is 0.348 e. The molecule has 0 aliphatic heterocycles. The second kappa shape index (κ2) is 5.63. The predicted octanol–water partition coefficient (Wildman–Crippen LogP) is 3.82. The van der Waals surface area contributed by atoms with Crippen molar-refractivity contribution in [2.45, 2.75) is 0 Å². The number of nitro groups is 1. The van der Waals surface area contributed by atoms with Crippen molar-refractivity contribution >= 4 is 44.7 Å². The zero-order valence-corrected chi connectivity index (χ0v) is 11.7. The molecule has 0 amide bonds. The highest BCUT2D eigenvalue weighted by Crippen LogP contribution is 2.32. The summed E-state index contributed by atoms with van der Waals surface area (Å²) < 4.78 is 26.7. The number of nitrogens with zero attached hydrogens (tertiary/aromatic N) is 3. The highest BCUT2D eigenvalue weighted by atomic mass is 79.9. The number of nitrogens with one attached hydrogen (secondary N) is 1. The van der Waals surface area contributed by atoms with Gasteiger partial charge in [-0.2, -0.15) is 0 Å². The van der Waals surface area contributed by atoms with Crippen LogP contribution in [0, 0.1) is 21.7 Å². The van der Waals surface area contributed by atoms with Gasteiger partial charge in [-0.1, -0.05) is 11.6 Å². The van der Waals surface area contributed by atoms with E-state index in [4.69, 9.17) is 11.6 Å². The number of aromatic nitrogens is 2. The molecule has 1 aromatic carbocycles. The van der Waals surface area contributed by atoms with Crippen molar-refractivity contribution in [2.24, 2.45) is 0 Å². The van der Waals surface area contributed by atoms with Crippen molar-refractivity contribution in [3.63, 3.8) is 0 Å². The summed E-state index contributed by atoms with van der Waals surface area (Å²) in [6, 6.07) is 1.71. The van der Waals surface area contributed by atoms with Crippen LogP contribution in [0.15, 0.2) is 22.9 Å². The number of hydrogen-bond acceptors (Lipinski definition) is 5. The van der Waals surface area contributed by atoms with E-state index in [2.05, 4.69) is 31.2 Å². The molecule has 2 aromatic rings. The van der Waals surface area contributed by atoms with E-state index in [0.717, 1.165) is 12.4 Å². The zero-order chi connectivity index (χ0) is 14.9. The largest absolute Gasteiger partial charge is 0.348 e. The number of rotatable bonds is 3. The number of anilines is 2. The molecule has 1 heterocycles. The molecule has 0 aliphatic carbocycles. The van der Waals surface area contributed by atoms with E-state index in [-0.39, 0.29) is 16.0 Å². The van der Waals surface area contributed by atoms with E-state index in [1.54, 1.807) is 0 Å². The Hall–Kier alpha value is -1.87. The lowest BCUT2D eigenvalue weighted by molar-refractivity contribution is -0.384. The Morgan fingerprint density at radius 3 is 2.65 bits per heavy atom. The van der Waals surface area contributed by atoms with Crippen molar-refractivity contribution in [2.75, 3.05) is 5.32 Å². The maximum atomic E-state index is 13.6. The smallest absolute Gasteiger partial charge is 0.332 e. The van der Waals surface area contributed by atoms with E-state index in [1.165, 1.54) is 0 Å². The molecule has 0 radical (unpaired) electrons. The third-order valence-corrected chi connectivity index (χ3v) is 3.11. The summed E-state index contributed by atoms with van der Waals surface area (Å²) in [5.41, 5.74) is -0.801. The van der Waals surface area contributed by atoms with Gasteiger partial charge in [0.15, 0.2) is 0 Å². The Morgan fingerprint density at radius 2 is 2.00 bits per heavy atom. The SMILES string of the molecule is O=[N+]([O-])c1c(Cl)ncnc1Nc1cc(Br)c(F)cc1F. The van der Waals surface area contributed by atoms with Crippen molar-refractivity contribution < 1.29 is 13.7 Å². The van der Waals surface area contributed by atoms with Crippen LogP contribution in [0.4, 0.5) is 26.0 Å². The summed E-state index contributed by atoms with van der Waals surface area (Å²) in [4.78, 5) is 17.2. The fourth-order valence-corrected chi connectivity index (χ4v) is 1.90. The molecule has 0 aliphatic rings. The first-order chi connectivity index (χ1) is 9.40. The minimum absolute atomic E-state index is 0.00999. The van der Waals surface area contributed by atoms with Crippen molar-refractivity contribution in [1.29, 1.82) is 0 Å². The first-order valence-corrected chi connectivity index (χ1v) is 6.13. The van der Waals surface area contributed by atoms with Crippen LogP contribution in [-0.2, 0) is 0 Å². The molecular formula is C10H4BrClF2N4O2. The number of benzene rings is 1. The molecule has 10 heteroatoms. The molecule has 6 nitrogen and oxygen atoms in total. The van der Waals surface area contributed by atoms with E-state index in [1.807, 2.05) is 0 Å². The van der Waals surface area contributed by atoms with E-state index < -0.39 is 27.4 Å². The van der Waals surface area contributed by atoms with Crippen LogP contribution in [-0.4, -0.2) is 14.9 Å². The van der Waals surface area contributed by atoms with E-state index in [9.17, 15) is 18.9 Å². The molecule has 104 valence electrons. The third-order valence-electron chi connectivity index (χ3n) is 2.22. The average Bonchev–Trinajstić information content (AvgIpc) is 2.35. The van der Waals surface area contributed by atoms with Gasteiger partial charge in [-0.3, -0.25) is 10.1 Å². The van der Waals surface area contributed by atoms with Crippen LogP contribution < -0.4 is 5.32 Å². The molecule has 1 aromatic heterocycles. The molecule has 0 unspecified atom stereocenters. The van der Waals surface area contributed by atoms with Gasteiger partial charge >= 0.3 is 5.69 Å². The maximum absolute atomic E-state index is 13.6. The molecule has 0 fully saturated rings. The van der Waals surface area contributed by atoms with Gasteiger partial charge in [-0.25, -0.2) is 18.7 Å². The molecule has 0 bridgehead atoms. The van der Waals surface area contributed by atoms with Gasteiger partial charge < -0.3 is 5.32 Å². The molecule has 0 saturated heterocycles. The normalized spacial score (nSPS) is 10.4. The van der Waals surface area contributed by atoms with Gasteiger partial charge in [0.05, 0.1) is 15.1 Å². The monoisotopic (exact) mass is 364 g/mol. The summed E-state index contributed by atoms with van der Waals surface area (Å²) in [6.07, 6.45) is 0.980. The molecular weight excluding hydrogens is 361 g/mol. The number of hydrogen-bond donors (Lipinski definition) is 1. The first-order valence-electron chi connectivity index (χ1n) is 4.96. The van der Waals surface area contributed by atoms with Gasteiger partial charge in [-0.05, 0) is 22.0 Å². The molecule has 0 saturated carbocycles. The Labute approximate surface area is 124 Å². The van der Waals surface area contributed by atoms with Crippen molar-refractivity contribution in [1.82, 2.24) is 9.97 Å². The first kappa shape index (κ1) is 14.5. The molecule has 2 rings (SSSR count). The molecule has 0 spiro atoms. The Bertz CT molecular complexity index is 701.